The lowest BCUT2D eigenvalue weighted by molar-refractivity contribution is 0.483. The molecule has 0 unspecified atom stereocenters. The average molecular weight is 647 g/mol. The van der Waals surface area contributed by atoms with Gasteiger partial charge in [-0.3, -0.25) is 4.57 Å². The van der Waals surface area contributed by atoms with Crippen LogP contribution in [0.25, 0.3) is 71.8 Å². The molecule has 4 aromatic heterocycles. The highest BCUT2D eigenvalue weighted by molar-refractivity contribution is 6.12. The first-order valence-corrected chi connectivity index (χ1v) is 16.7. The first-order valence-electron chi connectivity index (χ1n) is 16.7. The number of nitrogens with zero attached hydrogens (tertiary/aromatic N) is 6. The summed E-state index contributed by atoms with van der Waals surface area (Å²) >= 11 is 0. The Labute approximate surface area is 287 Å². The third-order valence-electron chi connectivity index (χ3n) is 9.72. The predicted molar refractivity (Wildman–Crippen MR) is 201 cm³/mol. The molecule has 0 bridgehead atoms. The molecule has 50 heavy (non-hydrogen) atoms. The summed E-state index contributed by atoms with van der Waals surface area (Å²) < 4.78 is 13.0. The number of hydrogen-bond acceptors (Lipinski definition) is 4. The number of aryl methyl sites for hydroxylation is 2. The summed E-state index contributed by atoms with van der Waals surface area (Å²) in [4.78, 5) is 4.97. The molecule has 4 heterocycles. The molecule has 0 fully saturated rings. The highest BCUT2D eigenvalue weighted by Crippen LogP contribution is 2.38. The Morgan fingerprint density at radius 3 is 2.00 bits per heavy atom. The van der Waals surface area contributed by atoms with E-state index < -0.39 is 0 Å². The molecule has 0 amide bonds. The van der Waals surface area contributed by atoms with Crippen molar-refractivity contribution in [3.05, 3.63) is 157 Å². The van der Waals surface area contributed by atoms with Crippen molar-refractivity contribution in [2.75, 3.05) is 0 Å². The highest BCUT2D eigenvalue weighted by atomic mass is 16.5. The molecule has 0 saturated carbocycles. The normalized spacial score (nSPS) is 11.8. The number of aromatic nitrogens is 6. The van der Waals surface area contributed by atoms with Gasteiger partial charge in [-0.05, 0) is 73.5 Å². The summed E-state index contributed by atoms with van der Waals surface area (Å²) in [5.41, 5.74) is 10.7. The van der Waals surface area contributed by atoms with Crippen LogP contribution < -0.4 is 4.74 Å². The fraction of sp³-hybridized carbons (Fsp3) is 0.0465. The topological polar surface area (TPSA) is 62.7 Å². The largest absolute Gasteiger partial charge is 0.457 e. The fourth-order valence-electron chi connectivity index (χ4n) is 7.52. The van der Waals surface area contributed by atoms with E-state index in [0.29, 0.717) is 5.75 Å². The van der Waals surface area contributed by atoms with E-state index in [9.17, 15) is 0 Å². The lowest BCUT2D eigenvalue weighted by atomic mass is 10.1. The van der Waals surface area contributed by atoms with Gasteiger partial charge in [0.25, 0.3) is 0 Å². The minimum atomic E-state index is 0.710. The van der Waals surface area contributed by atoms with Crippen molar-refractivity contribution < 1.29 is 4.74 Å². The van der Waals surface area contributed by atoms with Crippen LogP contribution in [0.5, 0.6) is 11.5 Å². The molecule has 0 aliphatic carbocycles. The highest BCUT2D eigenvalue weighted by Gasteiger charge is 2.19. The van der Waals surface area contributed by atoms with Crippen LogP contribution >= 0.6 is 0 Å². The lowest BCUT2D eigenvalue weighted by Crippen LogP contribution is -2.02. The molecule has 0 spiro atoms. The van der Waals surface area contributed by atoms with E-state index in [-0.39, 0.29) is 0 Å². The summed E-state index contributed by atoms with van der Waals surface area (Å²) in [7, 11) is 0. The van der Waals surface area contributed by atoms with Crippen molar-refractivity contribution in [1.29, 1.82) is 0 Å². The Morgan fingerprint density at radius 2 is 1.18 bits per heavy atom. The van der Waals surface area contributed by atoms with Gasteiger partial charge in [-0.25, -0.2) is 9.67 Å². The fourth-order valence-corrected chi connectivity index (χ4v) is 7.52. The van der Waals surface area contributed by atoms with Crippen LogP contribution in [0.2, 0.25) is 0 Å². The molecule has 7 nitrogen and oxygen atoms in total. The minimum Gasteiger partial charge on any atom is -0.457 e. The molecule has 0 aliphatic rings. The Kier molecular flexibility index (Phi) is 6.17. The second-order valence-corrected chi connectivity index (χ2v) is 12.8. The molecule has 0 N–H and O–H groups in total. The number of ether oxygens (including phenoxy) is 1. The van der Waals surface area contributed by atoms with Crippen molar-refractivity contribution >= 4 is 54.6 Å². The van der Waals surface area contributed by atoms with Crippen molar-refractivity contribution in [1.82, 2.24) is 29.1 Å². The SMILES string of the molecule is Cc1cccc2c3cccc(C)c3n(-c3ccnc(-n4c5ccccc5c5ccc(Oc6cccc(-n7nnc8ccccc87)c6)cc54)c3)c12. The van der Waals surface area contributed by atoms with Crippen LogP contribution in [0.1, 0.15) is 11.1 Å². The van der Waals surface area contributed by atoms with Gasteiger partial charge in [-0.2, -0.15) is 0 Å². The summed E-state index contributed by atoms with van der Waals surface area (Å²) in [6, 6.07) is 48.1. The third kappa shape index (κ3) is 4.26. The molecule has 10 aromatic rings. The van der Waals surface area contributed by atoms with E-state index in [1.807, 2.05) is 65.5 Å². The molecule has 0 saturated heterocycles. The van der Waals surface area contributed by atoms with E-state index in [1.165, 1.54) is 32.9 Å². The van der Waals surface area contributed by atoms with Gasteiger partial charge >= 0.3 is 0 Å². The second kappa shape index (κ2) is 10.9. The summed E-state index contributed by atoms with van der Waals surface area (Å²) in [6.07, 6.45) is 1.92. The average Bonchev–Trinajstić information content (AvgIpc) is 3.83. The maximum absolute atomic E-state index is 6.53. The Balaban J connectivity index is 1.12. The zero-order valence-electron chi connectivity index (χ0n) is 27.4. The zero-order chi connectivity index (χ0) is 33.3. The molecular weight excluding hydrogens is 617 g/mol. The number of benzene rings is 6. The third-order valence-corrected chi connectivity index (χ3v) is 9.72. The summed E-state index contributed by atoms with van der Waals surface area (Å²) in [6.45, 7) is 4.38. The number of hydrogen-bond donors (Lipinski definition) is 0. The maximum Gasteiger partial charge on any atom is 0.139 e. The van der Waals surface area contributed by atoms with Crippen molar-refractivity contribution in [2.24, 2.45) is 0 Å². The Bertz CT molecular complexity index is 2890. The molecule has 0 aliphatic heterocycles. The van der Waals surface area contributed by atoms with E-state index in [1.54, 1.807) is 0 Å². The minimum absolute atomic E-state index is 0.710. The molecule has 10 rings (SSSR count). The Hall–Kier alpha value is -6.73. The van der Waals surface area contributed by atoms with Crippen molar-refractivity contribution in [3.8, 4) is 28.7 Å². The second-order valence-electron chi connectivity index (χ2n) is 12.8. The van der Waals surface area contributed by atoms with Crippen LogP contribution in [0.3, 0.4) is 0 Å². The van der Waals surface area contributed by atoms with Crippen LogP contribution in [-0.4, -0.2) is 29.1 Å². The predicted octanol–water partition coefficient (Wildman–Crippen LogP) is 10.4. The van der Waals surface area contributed by atoms with Crippen molar-refractivity contribution in [3.63, 3.8) is 0 Å². The lowest BCUT2D eigenvalue weighted by Gasteiger charge is -2.14. The quantitative estimate of drug-likeness (QED) is 0.187. The van der Waals surface area contributed by atoms with Gasteiger partial charge in [0.15, 0.2) is 0 Å². The molecule has 238 valence electrons. The van der Waals surface area contributed by atoms with Gasteiger partial charge in [0.05, 0.1) is 39.0 Å². The maximum atomic E-state index is 6.53. The molecule has 0 atom stereocenters. The molecular formula is C43H30N6O. The van der Waals surface area contributed by atoms with Gasteiger partial charge in [0.2, 0.25) is 0 Å². The van der Waals surface area contributed by atoms with Crippen LogP contribution in [0.4, 0.5) is 0 Å². The number of para-hydroxylation sites is 4. The van der Waals surface area contributed by atoms with E-state index in [2.05, 4.69) is 118 Å². The smallest absolute Gasteiger partial charge is 0.139 e. The van der Waals surface area contributed by atoms with Gasteiger partial charge < -0.3 is 9.30 Å². The van der Waals surface area contributed by atoms with E-state index >= 15 is 0 Å². The van der Waals surface area contributed by atoms with Gasteiger partial charge in [-0.1, -0.05) is 78.0 Å². The van der Waals surface area contributed by atoms with Gasteiger partial charge in [-0.15, -0.1) is 5.10 Å². The van der Waals surface area contributed by atoms with Gasteiger partial charge in [0.1, 0.15) is 22.8 Å². The summed E-state index contributed by atoms with van der Waals surface area (Å²) in [5.74, 6) is 2.27. The number of rotatable bonds is 5. The zero-order valence-corrected chi connectivity index (χ0v) is 27.4. The molecule has 0 radical (unpaired) electrons. The first-order chi connectivity index (χ1) is 24.6. The number of fused-ring (bicyclic) bond motifs is 7. The van der Waals surface area contributed by atoms with Crippen molar-refractivity contribution in [2.45, 2.75) is 13.8 Å². The molecule has 6 aromatic carbocycles. The van der Waals surface area contributed by atoms with Crippen LogP contribution in [0, 0.1) is 13.8 Å². The molecule has 7 heteroatoms. The van der Waals surface area contributed by atoms with Crippen LogP contribution in [0.15, 0.2) is 146 Å². The Morgan fingerprint density at radius 1 is 0.500 bits per heavy atom. The first kappa shape index (κ1) is 28.3. The summed E-state index contributed by atoms with van der Waals surface area (Å²) in [5, 5.41) is 13.5. The van der Waals surface area contributed by atoms with Gasteiger partial charge in [0, 0.05) is 45.9 Å². The monoisotopic (exact) mass is 646 g/mol. The standard InChI is InChI=1S/C43H30N6O/c1-27-10-7-15-35-36-16-8-11-28(2)43(36)47(42(27)35)29-22-23-44-41(25-29)48-38-18-5-3-14-33(38)34-21-20-32(26-40(34)48)50-31-13-9-12-30(24-31)49-39-19-6-4-17-37(39)45-46-49/h3-26H,1-2H3. The van der Waals surface area contributed by atoms with Crippen LogP contribution in [-0.2, 0) is 0 Å². The van der Waals surface area contributed by atoms with E-state index in [0.717, 1.165) is 55.8 Å². The van der Waals surface area contributed by atoms with E-state index in [4.69, 9.17) is 9.72 Å². The number of pyridine rings is 1.